The van der Waals surface area contributed by atoms with E-state index in [9.17, 15) is 42.0 Å². The Kier molecular flexibility index (Phi) is 17.6. The van der Waals surface area contributed by atoms with E-state index in [-0.39, 0.29) is 77.4 Å². The van der Waals surface area contributed by atoms with Crippen LogP contribution in [-0.4, -0.2) is 126 Å². The molecule has 4 amide bonds. The highest BCUT2D eigenvalue weighted by molar-refractivity contribution is 7.90. The van der Waals surface area contributed by atoms with Crippen LogP contribution in [0.5, 0.6) is 23.0 Å². The number of ether oxygens (including phenoxy) is 6. The predicted molar refractivity (Wildman–Crippen MR) is 258 cm³/mol. The largest absolute Gasteiger partial charge is 0.486 e. The van der Waals surface area contributed by atoms with E-state index in [4.69, 9.17) is 28.4 Å². The Hall–Kier alpha value is -7.01. The van der Waals surface area contributed by atoms with E-state index in [2.05, 4.69) is 10.3 Å². The number of amides is 4. The fourth-order valence-electron chi connectivity index (χ4n) is 8.15. The maximum atomic E-state index is 13.5. The van der Waals surface area contributed by atoms with Crippen LogP contribution in [0.25, 0.3) is 11.0 Å². The van der Waals surface area contributed by atoms with Gasteiger partial charge in [0.15, 0.2) is 16.6 Å². The number of aromatic nitrogens is 4. The molecule has 1 N–H and O–H groups in total. The molecule has 2 aliphatic rings. The minimum Gasteiger partial charge on any atom is -0.486 e. The third-order valence-electron chi connectivity index (χ3n) is 12.2. The fourth-order valence-corrected chi connectivity index (χ4v) is 9.52. The molecule has 21 nitrogen and oxygen atoms in total. The summed E-state index contributed by atoms with van der Waals surface area (Å²) in [6.07, 6.45) is 4.48. The molecule has 3 aromatic carbocycles. The average Bonchev–Trinajstić information content (AvgIpc) is 3.91. The van der Waals surface area contributed by atoms with Crippen molar-refractivity contribution in [3.05, 3.63) is 93.8 Å². The summed E-state index contributed by atoms with van der Waals surface area (Å²) in [5.41, 5.74) is 1.21. The number of hydrogen-bond donors (Lipinski definition) is 1. The predicted octanol–water partition coefficient (Wildman–Crippen LogP) is 4.07. The number of carbonyl (C=O) groups is 6. The number of sulfone groups is 1. The number of piperidine rings is 1. The third-order valence-corrected chi connectivity index (χ3v) is 13.7. The molecule has 2 aliphatic heterocycles. The topological polar surface area (TPSA) is 252 Å². The molecule has 1 atom stereocenters. The zero-order valence-electron chi connectivity index (χ0n) is 40.6. The van der Waals surface area contributed by atoms with Gasteiger partial charge in [-0.15, -0.1) is 0 Å². The van der Waals surface area contributed by atoms with Crippen molar-refractivity contribution in [2.45, 2.75) is 75.1 Å². The number of rotatable bonds is 28. The van der Waals surface area contributed by atoms with Gasteiger partial charge in [-0.3, -0.25) is 48.1 Å². The number of ketones is 2. The van der Waals surface area contributed by atoms with Crippen molar-refractivity contribution in [2.24, 2.45) is 21.1 Å². The molecule has 0 aliphatic carbocycles. The van der Waals surface area contributed by atoms with Crippen molar-refractivity contribution in [1.82, 2.24) is 28.9 Å². The number of nitrogens with one attached hydrogen (secondary N) is 1. The summed E-state index contributed by atoms with van der Waals surface area (Å²) < 4.78 is 66.0. The summed E-state index contributed by atoms with van der Waals surface area (Å²) in [4.78, 5) is 93.2. The highest BCUT2D eigenvalue weighted by atomic mass is 32.2. The van der Waals surface area contributed by atoms with Crippen molar-refractivity contribution in [3.8, 4) is 23.0 Å². The lowest BCUT2D eigenvalue weighted by atomic mass is 10.0. The van der Waals surface area contributed by atoms with E-state index in [1.807, 2.05) is 0 Å². The molecule has 1 fully saturated rings. The Bertz CT molecular complexity index is 3010. The Balaban J connectivity index is 0.721. The number of unbranched alkanes of at least 4 members (excludes halogenated alkanes) is 2. The van der Waals surface area contributed by atoms with Crippen LogP contribution in [0.15, 0.2) is 70.6 Å². The molecule has 5 aromatic rings. The van der Waals surface area contributed by atoms with Gasteiger partial charge in [-0.1, -0.05) is 12.1 Å². The molecule has 384 valence electrons. The van der Waals surface area contributed by atoms with Gasteiger partial charge in [-0.05, 0) is 69.4 Å². The van der Waals surface area contributed by atoms with Crippen molar-refractivity contribution in [3.63, 3.8) is 0 Å². The van der Waals surface area contributed by atoms with E-state index < -0.39 is 45.3 Å². The first kappa shape index (κ1) is 52.8. The second-order valence-electron chi connectivity index (χ2n) is 17.5. The van der Waals surface area contributed by atoms with Crippen LogP contribution >= 0.6 is 0 Å². The third kappa shape index (κ3) is 12.9. The SMILES string of the molecule is Cc1nc(S(=O)(=O)Cc2cc3c(cc2Oc2cccc(OCC(=O)CCCCOCCOCCOCCCCC(=O)COc4cccc5c4C(=O)N(C4CCC(=O)NC4=O)C5=O)c2)n(C)c(=O)n3C)cn1C. The zero-order valence-corrected chi connectivity index (χ0v) is 41.5. The Morgan fingerprint density at radius 1 is 0.722 bits per heavy atom. The normalized spacial score (nSPS) is 14.8. The monoisotopic (exact) mass is 1010 g/mol. The number of fused-ring (bicyclic) bond motifs is 2. The molecule has 0 spiro atoms. The van der Waals surface area contributed by atoms with Gasteiger partial charge < -0.3 is 33.0 Å². The molecule has 1 unspecified atom stereocenters. The summed E-state index contributed by atoms with van der Waals surface area (Å²) in [5.74, 6) is -1.67. The lowest BCUT2D eigenvalue weighted by molar-refractivity contribution is -0.136. The van der Waals surface area contributed by atoms with Crippen molar-refractivity contribution >= 4 is 56.1 Å². The van der Waals surface area contributed by atoms with E-state index in [1.165, 1.54) is 33.5 Å². The summed E-state index contributed by atoms with van der Waals surface area (Å²) in [7, 11) is 1.06. The maximum Gasteiger partial charge on any atom is 0.328 e. The van der Waals surface area contributed by atoms with E-state index in [0.29, 0.717) is 106 Å². The minimum atomic E-state index is -3.89. The number of Topliss-reactive ketones (excluding diaryl/α,β-unsaturated/α-hetero) is 2. The highest BCUT2D eigenvalue weighted by Gasteiger charge is 2.46. The van der Waals surface area contributed by atoms with Crippen LogP contribution in [-0.2, 0) is 70.1 Å². The van der Waals surface area contributed by atoms with Gasteiger partial charge in [-0.2, -0.15) is 0 Å². The Labute approximate surface area is 415 Å². The lowest BCUT2D eigenvalue weighted by Gasteiger charge is -2.27. The van der Waals surface area contributed by atoms with E-state index in [1.54, 1.807) is 69.0 Å². The van der Waals surface area contributed by atoms with Crippen LogP contribution < -0.4 is 25.2 Å². The Morgan fingerprint density at radius 2 is 1.33 bits per heavy atom. The van der Waals surface area contributed by atoms with Gasteiger partial charge in [-0.25, -0.2) is 18.2 Å². The molecular formula is C50H58N6O15S. The van der Waals surface area contributed by atoms with Crippen molar-refractivity contribution in [2.75, 3.05) is 52.9 Å². The molecular weight excluding hydrogens is 957 g/mol. The van der Waals surface area contributed by atoms with Crippen LogP contribution in [0, 0.1) is 6.92 Å². The summed E-state index contributed by atoms with van der Waals surface area (Å²) in [6, 6.07) is 13.3. The first-order valence-electron chi connectivity index (χ1n) is 23.6. The number of carbonyl (C=O) groups excluding carboxylic acids is 6. The molecule has 22 heteroatoms. The first-order valence-corrected chi connectivity index (χ1v) is 25.2. The van der Waals surface area contributed by atoms with Gasteiger partial charge in [0.2, 0.25) is 21.7 Å². The Morgan fingerprint density at radius 3 is 1.97 bits per heavy atom. The number of hydrogen-bond acceptors (Lipinski definition) is 16. The quantitative estimate of drug-likeness (QED) is 0.0548. The second kappa shape index (κ2) is 23.9. The van der Waals surface area contributed by atoms with Crippen LogP contribution in [0.2, 0.25) is 0 Å². The summed E-state index contributed by atoms with van der Waals surface area (Å²) in [5, 5.41) is 2.09. The molecule has 0 radical (unpaired) electrons. The van der Waals surface area contributed by atoms with E-state index >= 15 is 0 Å². The smallest absolute Gasteiger partial charge is 0.328 e. The number of imide groups is 2. The molecule has 7 rings (SSSR count). The number of nitrogens with zero attached hydrogens (tertiary/aromatic N) is 5. The minimum absolute atomic E-state index is 0.00588. The molecule has 72 heavy (non-hydrogen) atoms. The van der Waals surface area contributed by atoms with Crippen molar-refractivity contribution in [1.29, 1.82) is 0 Å². The van der Waals surface area contributed by atoms with Gasteiger partial charge in [0.05, 0.1) is 54.3 Å². The summed E-state index contributed by atoms with van der Waals surface area (Å²) in [6.45, 7) is 3.64. The van der Waals surface area contributed by atoms with Gasteiger partial charge in [0, 0.05) is 77.5 Å². The summed E-state index contributed by atoms with van der Waals surface area (Å²) >= 11 is 0. The molecule has 2 aromatic heterocycles. The fraction of sp³-hybridized carbons (Fsp3) is 0.440. The number of aryl methyl sites for hydroxylation is 4. The number of benzene rings is 3. The average molecular weight is 1020 g/mol. The first-order chi connectivity index (χ1) is 34.5. The van der Waals surface area contributed by atoms with Gasteiger partial charge in [0.25, 0.3) is 11.8 Å². The molecule has 1 saturated heterocycles. The maximum absolute atomic E-state index is 13.5. The van der Waals surface area contributed by atoms with Gasteiger partial charge >= 0.3 is 5.69 Å². The highest BCUT2D eigenvalue weighted by Crippen LogP contribution is 2.35. The van der Waals surface area contributed by atoms with Crippen LogP contribution in [0.3, 0.4) is 0 Å². The van der Waals surface area contributed by atoms with Crippen LogP contribution in [0.4, 0.5) is 0 Å². The molecule has 4 heterocycles. The van der Waals surface area contributed by atoms with Gasteiger partial charge in [0.1, 0.15) is 48.1 Å². The lowest BCUT2D eigenvalue weighted by Crippen LogP contribution is -2.54. The second-order valence-corrected chi connectivity index (χ2v) is 19.4. The zero-order chi connectivity index (χ0) is 51.5. The van der Waals surface area contributed by atoms with E-state index in [0.717, 1.165) is 4.90 Å². The standard InChI is InChI=1S/C50H58N6O15S/c1-32-51-45(28-53(32)2)72(64,65)31-33-25-40-41(55(4)50(63)54(40)3)27-43(33)71-37-14-9-13-36(26-37)69-29-34(57)11-5-7-19-66-21-23-68-24-22-67-20-8-6-12-35(58)30-70-42-16-10-15-38-46(42)49(62)56(48(38)61)39-17-18-44(59)52-47(39)60/h9-10,13-16,25-28,39H,5-8,11-12,17-24,29-31H2,1-4H3,(H,52,59,60). The molecule has 0 bridgehead atoms. The molecule has 0 saturated carbocycles. The number of imidazole rings is 2. The van der Waals surface area contributed by atoms with Crippen LogP contribution in [0.1, 0.15) is 83.5 Å². The van der Waals surface area contributed by atoms with Crippen molar-refractivity contribution < 1.29 is 65.6 Å².